The normalized spacial score (nSPS) is 11.9. The molecule has 0 fully saturated rings. The minimum absolute atomic E-state index is 0.321. The molecule has 0 unspecified atom stereocenters. The van der Waals surface area contributed by atoms with E-state index in [1.165, 1.54) is 0 Å². The van der Waals surface area contributed by atoms with Crippen molar-refractivity contribution < 1.29 is 8.42 Å². The molecule has 0 spiro atoms. The van der Waals surface area contributed by atoms with Crippen LogP contribution in [0.4, 0.5) is 0 Å². The number of halogens is 1. The number of aromatic amines is 1. The Morgan fingerprint density at radius 3 is 2.74 bits per heavy atom. The first kappa shape index (κ1) is 16.1. The number of rotatable bonds is 5. The molecule has 0 amide bonds. The van der Waals surface area contributed by atoms with Gasteiger partial charge < -0.3 is 4.98 Å². The molecule has 2 aromatic carbocycles. The Morgan fingerprint density at radius 2 is 1.96 bits per heavy atom. The van der Waals surface area contributed by atoms with Gasteiger partial charge in [0.2, 0.25) is 10.0 Å². The minimum atomic E-state index is -3.49. The molecular weight excluding hydrogens is 332 g/mol. The van der Waals surface area contributed by atoms with E-state index in [4.69, 9.17) is 11.6 Å². The Hall–Kier alpha value is -1.82. The van der Waals surface area contributed by atoms with Crippen molar-refractivity contribution in [2.75, 3.05) is 6.54 Å². The number of hydrogen-bond donors (Lipinski definition) is 2. The number of aromatic nitrogens is 1. The average molecular weight is 349 g/mol. The van der Waals surface area contributed by atoms with E-state index in [0.29, 0.717) is 22.9 Å². The SMILES string of the molecule is Cc1ccccc1S(=O)(=O)NCCc1c[nH]c2ccc(Cl)cc12. The molecule has 0 aliphatic heterocycles. The van der Waals surface area contributed by atoms with Gasteiger partial charge in [-0.05, 0) is 48.7 Å². The Balaban J connectivity index is 1.74. The van der Waals surface area contributed by atoms with Crippen LogP contribution in [0, 0.1) is 6.92 Å². The van der Waals surface area contributed by atoms with Gasteiger partial charge in [0.1, 0.15) is 0 Å². The van der Waals surface area contributed by atoms with Crippen LogP contribution in [0.3, 0.4) is 0 Å². The van der Waals surface area contributed by atoms with Gasteiger partial charge in [0, 0.05) is 28.7 Å². The summed E-state index contributed by atoms with van der Waals surface area (Å²) in [6.45, 7) is 2.12. The second kappa shape index (κ2) is 6.35. The maximum absolute atomic E-state index is 12.4. The molecule has 120 valence electrons. The number of benzene rings is 2. The summed E-state index contributed by atoms with van der Waals surface area (Å²) in [5.74, 6) is 0. The van der Waals surface area contributed by atoms with E-state index in [1.807, 2.05) is 30.5 Å². The van der Waals surface area contributed by atoms with Crippen LogP contribution in [0.25, 0.3) is 10.9 Å². The lowest BCUT2D eigenvalue weighted by Gasteiger charge is -2.08. The minimum Gasteiger partial charge on any atom is -0.361 e. The lowest BCUT2D eigenvalue weighted by Crippen LogP contribution is -2.26. The molecule has 1 heterocycles. The van der Waals surface area contributed by atoms with Gasteiger partial charge in [0.05, 0.1) is 4.90 Å². The number of fused-ring (bicyclic) bond motifs is 1. The topological polar surface area (TPSA) is 62.0 Å². The molecule has 0 radical (unpaired) electrons. The van der Waals surface area contributed by atoms with E-state index < -0.39 is 10.0 Å². The highest BCUT2D eigenvalue weighted by Crippen LogP contribution is 2.22. The lowest BCUT2D eigenvalue weighted by molar-refractivity contribution is 0.581. The molecule has 0 bridgehead atoms. The fourth-order valence-corrected chi connectivity index (χ4v) is 4.06. The predicted octanol–water partition coefficient (Wildman–Crippen LogP) is 3.65. The molecule has 1 aromatic heterocycles. The third-order valence-corrected chi connectivity index (χ3v) is 5.66. The smallest absolute Gasteiger partial charge is 0.240 e. The van der Waals surface area contributed by atoms with Gasteiger partial charge in [-0.3, -0.25) is 0 Å². The van der Waals surface area contributed by atoms with Gasteiger partial charge in [0.25, 0.3) is 0 Å². The molecule has 23 heavy (non-hydrogen) atoms. The zero-order valence-corrected chi connectivity index (χ0v) is 14.2. The van der Waals surface area contributed by atoms with E-state index in [-0.39, 0.29) is 0 Å². The third kappa shape index (κ3) is 3.42. The van der Waals surface area contributed by atoms with Crippen LogP contribution >= 0.6 is 11.6 Å². The zero-order chi connectivity index (χ0) is 16.4. The number of nitrogens with one attached hydrogen (secondary N) is 2. The molecule has 2 N–H and O–H groups in total. The summed E-state index contributed by atoms with van der Waals surface area (Å²) in [4.78, 5) is 3.49. The highest BCUT2D eigenvalue weighted by atomic mass is 35.5. The van der Waals surface area contributed by atoms with E-state index in [2.05, 4.69) is 9.71 Å². The standard InChI is InChI=1S/C17H17ClN2O2S/c1-12-4-2-3-5-17(12)23(21,22)20-9-8-13-11-19-16-7-6-14(18)10-15(13)16/h2-7,10-11,19-20H,8-9H2,1H3. The fraction of sp³-hybridized carbons (Fsp3) is 0.176. The van der Waals surface area contributed by atoms with Gasteiger partial charge in [0.15, 0.2) is 0 Å². The highest BCUT2D eigenvalue weighted by molar-refractivity contribution is 7.89. The van der Waals surface area contributed by atoms with Crippen molar-refractivity contribution in [3.63, 3.8) is 0 Å². The number of hydrogen-bond acceptors (Lipinski definition) is 2. The van der Waals surface area contributed by atoms with E-state index in [1.54, 1.807) is 25.1 Å². The van der Waals surface area contributed by atoms with E-state index in [0.717, 1.165) is 22.0 Å². The second-order valence-corrected chi connectivity index (χ2v) is 7.59. The summed E-state index contributed by atoms with van der Waals surface area (Å²) in [5, 5.41) is 1.69. The molecular formula is C17H17ClN2O2S. The molecule has 6 heteroatoms. The summed E-state index contributed by atoms with van der Waals surface area (Å²) in [5.41, 5.74) is 2.76. The quantitative estimate of drug-likeness (QED) is 0.739. The predicted molar refractivity (Wildman–Crippen MR) is 93.4 cm³/mol. The van der Waals surface area contributed by atoms with Crippen LogP contribution in [0.1, 0.15) is 11.1 Å². The van der Waals surface area contributed by atoms with Crippen molar-refractivity contribution in [2.24, 2.45) is 0 Å². The molecule has 3 rings (SSSR count). The molecule has 0 saturated heterocycles. The van der Waals surface area contributed by atoms with E-state index in [9.17, 15) is 8.42 Å². The van der Waals surface area contributed by atoms with Gasteiger partial charge >= 0.3 is 0 Å². The van der Waals surface area contributed by atoms with Crippen molar-refractivity contribution in [2.45, 2.75) is 18.2 Å². The van der Waals surface area contributed by atoms with Crippen LogP contribution in [0.15, 0.2) is 53.6 Å². The molecule has 4 nitrogen and oxygen atoms in total. The number of aryl methyl sites for hydroxylation is 1. The lowest BCUT2D eigenvalue weighted by atomic mass is 10.1. The molecule has 0 aliphatic rings. The number of H-pyrrole nitrogens is 1. The summed E-state index contributed by atoms with van der Waals surface area (Å²) >= 11 is 6.03. The van der Waals surface area contributed by atoms with Crippen LogP contribution in [-0.2, 0) is 16.4 Å². The summed E-state index contributed by atoms with van der Waals surface area (Å²) < 4.78 is 27.4. The summed E-state index contributed by atoms with van der Waals surface area (Å²) in [6.07, 6.45) is 2.48. The summed E-state index contributed by atoms with van der Waals surface area (Å²) in [7, 11) is -3.49. The van der Waals surface area contributed by atoms with Crippen molar-refractivity contribution in [3.8, 4) is 0 Å². The highest BCUT2D eigenvalue weighted by Gasteiger charge is 2.15. The van der Waals surface area contributed by atoms with Crippen molar-refractivity contribution in [3.05, 3.63) is 64.8 Å². The monoisotopic (exact) mass is 348 g/mol. The largest absolute Gasteiger partial charge is 0.361 e. The number of sulfonamides is 1. The molecule has 3 aromatic rings. The Bertz CT molecular complexity index is 948. The van der Waals surface area contributed by atoms with Crippen molar-refractivity contribution in [1.29, 1.82) is 0 Å². The Labute approximate surface area is 140 Å². The van der Waals surface area contributed by atoms with Crippen molar-refractivity contribution in [1.82, 2.24) is 9.71 Å². The third-order valence-electron chi connectivity index (χ3n) is 3.80. The maximum Gasteiger partial charge on any atom is 0.240 e. The van der Waals surface area contributed by atoms with Crippen LogP contribution < -0.4 is 4.72 Å². The van der Waals surface area contributed by atoms with Crippen LogP contribution in [-0.4, -0.2) is 19.9 Å². The van der Waals surface area contributed by atoms with Gasteiger partial charge in [-0.2, -0.15) is 0 Å². The first-order valence-electron chi connectivity index (χ1n) is 7.28. The molecule has 0 atom stereocenters. The first-order chi connectivity index (χ1) is 11.0. The maximum atomic E-state index is 12.4. The van der Waals surface area contributed by atoms with Gasteiger partial charge in [-0.1, -0.05) is 29.8 Å². The zero-order valence-electron chi connectivity index (χ0n) is 12.6. The van der Waals surface area contributed by atoms with Gasteiger partial charge in [-0.25, -0.2) is 13.1 Å². The molecule has 0 aliphatic carbocycles. The second-order valence-electron chi connectivity index (χ2n) is 5.42. The Morgan fingerprint density at radius 1 is 1.17 bits per heavy atom. The van der Waals surface area contributed by atoms with Crippen LogP contribution in [0.5, 0.6) is 0 Å². The molecule has 0 saturated carbocycles. The average Bonchev–Trinajstić information content (AvgIpc) is 2.90. The van der Waals surface area contributed by atoms with E-state index >= 15 is 0 Å². The van der Waals surface area contributed by atoms with Crippen LogP contribution in [0.2, 0.25) is 5.02 Å². The first-order valence-corrected chi connectivity index (χ1v) is 9.14. The van der Waals surface area contributed by atoms with Gasteiger partial charge in [-0.15, -0.1) is 0 Å². The Kier molecular flexibility index (Phi) is 4.43. The van der Waals surface area contributed by atoms with Crippen molar-refractivity contribution >= 4 is 32.5 Å². The fourth-order valence-electron chi connectivity index (χ4n) is 2.61. The summed E-state index contributed by atoms with van der Waals surface area (Å²) in [6, 6.07) is 12.6.